The summed E-state index contributed by atoms with van der Waals surface area (Å²) in [6.07, 6.45) is -1.06. The summed E-state index contributed by atoms with van der Waals surface area (Å²) in [7, 11) is 0. The van der Waals surface area contributed by atoms with Crippen molar-refractivity contribution < 1.29 is 35.9 Å². The number of carbonyl (C=O) groups is 2. The highest BCUT2D eigenvalue weighted by Crippen LogP contribution is 2.45. The monoisotopic (exact) mass is 661 g/mol. The fourth-order valence-corrected chi connectivity index (χ4v) is 6.55. The van der Waals surface area contributed by atoms with Gasteiger partial charge in [-0.3, -0.25) is 14.6 Å². The van der Waals surface area contributed by atoms with Crippen molar-refractivity contribution in [2.75, 3.05) is 18.4 Å². The fraction of sp³-hybridized carbons (Fsp3) is 0.379. The van der Waals surface area contributed by atoms with Crippen LogP contribution in [-0.2, 0) is 23.1 Å². The average molecular weight is 662 g/mol. The predicted octanol–water partition coefficient (Wildman–Crippen LogP) is 5.26. The molecule has 1 fully saturated rings. The van der Waals surface area contributed by atoms with E-state index in [4.69, 9.17) is 0 Å². The van der Waals surface area contributed by atoms with Gasteiger partial charge in [0, 0.05) is 59.6 Å². The van der Waals surface area contributed by atoms with Gasteiger partial charge < -0.3 is 15.5 Å². The lowest BCUT2D eigenvalue weighted by Crippen LogP contribution is -2.60. The lowest BCUT2D eigenvalue weighted by atomic mass is 9.80. The lowest BCUT2D eigenvalue weighted by molar-refractivity contribution is -0.170. The molecule has 0 saturated carbocycles. The highest BCUT2D eigenvalue weighted by atomic mass is 35.5. The smallest absolute Gasteiger partial charge is 0.369 e. The van der Waals surface area contributed by atoms with E-state index in [2.05, 4.69) is 20.6 Å². The van der Waals surface area contributed by atoms with Crippen LogP contribution >= 0.6 is 24.8 Å². The molecule has 4 heterocycles. The Balaban J connectivity index is 0.00000221. The molecule has 7 nitrogen and oxygen atoms in total. The minimum absolute atomic E-state index is 0. The van der Waals surface area contributed by atoms with E-state index in [0.717, 1.165) is 22.6 Å². The average Bonchev–Trinajstić information content (AvgIpc) is 3.50. The van der Waals surface area contributed by atoms with Gasteiger partial charge in [-0.25, -0.2) is 18.2 Å². The highest BCUT2D eigenvalue weighted by Gasteiger charge is 2.48. The number of alkyl halides is 3. The Hall–Kier alpha value is -3.58. The van der Waals surface area contributed by atoms with Gasteiger partial charge in [0.05, 0.1) is 5.56 Å². The maximum Gasteiger partial charge on any atom is 0.406 e. The summed E-state index contributed by atoms with van der Waals surface area (Å²) in [4.78, 5) is 35.7. The number of rotatable bonds is 4. The highest BCUT2D eigenvalue weighted by molar-refractivity contribution is 5.98. The van der Waals surface area contributed by atoms with Crippen LogP contribution in [-0.4, -0.2) is 58.0 Å². The molecule has 1 unspecified atom stereocenters. The standard InChI is InChI=1S/C29H25F6N5O2.2ClH/c1-14-17(23-19(30)4-5-20(31)24(23)32)8-21(27(42)40(14)13-29(33,34)35)39-26(41)16-7-15-9-28(10-22(15)37-11-16)12-38-25-18(28)3-2-6-36-25;;/h2-7,11,14,17,21H,8-10,12-13H2,1H3,(H,36,38)(H,39,41);2*1H/t14-,17-,21+,28?;;/m1../s1. The number of hydrogen-bond acceptors (Lipinski definition) is 5. The summed E-state index contributed by atoms with van der Waals surface area (Å²) in [5, 5.41) is 5.74. The van der Waals surface area contributed by atoms with Gasteiger partial charge in [0.2, 0.25) is 5.91 Å². The number of pyridine rings is 2. The minimum atomic E-state index is -4.83. The van der Waals surface area contributed by atoms with Crippen molar-refractivity contribution in [3.63, 3.8) is 0 Å². The van der Waals surface area contributed by atoms with Gasteiger partial charge in [-0.1, -0.05) is 6.07 Å². The van der Waals surface area contributed by atoms with E-state index in [0.29, 0.717) is 36.4 Å². The summed E-state index contributed by atoms with van der Waals surface area (Å²) >= 11 is 0. The van der Waals surface area contributed by atoms with E-state index < -0.39 is 72.0 Å². The number of aromatic nitrogens is 2. The van der Waals surface area contributed by atoms with Crippen molar-refractivity contribution in [2.24, 2.45) is 0 Å². The molecule has 1 saturated heterocycles. The Bertz CT molecular complexity index is 1610. The second-order valence-electron chi connectivity index (χ2n) is 11.2. The lowest BCUT2D eigenvalue weighted by Gasteiger charge is -2.43. The molecular weight excluding hydrogens is 635 g/mol. The first-order chi connectivity index (χ1) is 19.9. The predicted molar refractivity (Wildman–Crippen MR) is 153 cm³/mol. The number of likely N-dealkylation sites (tertiary alicyclic amines) is 1. The molecule has 1 aromatic carbocycles. The molecule has 2 N–H and O–H groups in total. The molecule has 0 bridgehead atoms. The van der Waals surface area contributed by atoms with Gasteiger partial charge in [0.1, 0.15) is 24.2 Å². The van der Waals surface area contributed by atoms with Gasteiger partial charge in [0.25, 0.3) is 5.91 Å². The molecule has 1 aliphatic carbocycles. The first-order valence-corrected chi connectivity index (χ1v) is 13.4. The number of benzene rings is 1. The number of nitrogens with one attached hydrogen (secondary N) is 2. The molecule has 236 valence electrons. The third-order valence-electron chi connectivity index (χ3n) is 8.58. The van der Waals surface area contributed by atoms with E-state index in [1.54, 1.807) is 12.3 Å². The summed E-state index contributed by atoms with van der Waals surface area (Å²) in [6, 6.07) is 3.82. The third-order valence-corrected chi connectivity index (χ3v) is 8.58. The van der Waals surface area contributed by atoms with E-state index in [1.807, 2.05) is 12.1 Å². The Morgan fingerprint density at radius 1 is 1.11 bits per heavy atom. The first kappa shape index (κ1) is 33.3. The van der Waals surface area contributed by atoms with Crippen LogP contribution in [0.15, 0.2) is 42.7 Å². The topological polar surface area (TPSA) is 87.2 Å². The Kier molecular flexibility index (Phi) is 9.14. The van der Waals surface area contributed by atoms with Crippen LogP contribution in [0.25, 0.3) is 0 Å². The zero-order valence-corrected chi connectivity index (χ0v) is 24.7. The molecule has 3 aliphatic rings. The van der Waals surface area contributed by atoms with E-state index in [-0.39, 0.29) is 35.8 Å². The number of nitrogens with zero attached hydrogens (tertiary/aromatic N) is 3. The Morgan fingerprint density at radius 2 is 1.84 bits per heavy atom. The summed E-state index contributed by atoms with van der Waals surface area (Å²) in [5.74, 6) is -6.51. The van der Waals surface area contributed by atoms with E-state index >= 15 is 0 Å². The van der Waals surface area contributed by atoms with Gasteiger partial charge in [0.15, 0.2) is 11.6 Å². The van der Waals surface area contributed by atoms with Crippen LogP contribution < -0.4 is 10.6 Å². The van der Waals surface area contributed by atoms with Crippen molar-refractivity contribution in [1.29, 1.82) is 0 Å². The zero-order chi connectivity index (χ0) is 30.0. The number of hydrogen-bond donors (Lipinski definition) is 2. The van der Waals surface area contributed by atoms with Crippen molar-refractivity contribution in [1.82, 2.24) is 20.2 Å². The molecule has 2 aliphatic heterocycles. The first-order valence-electron chi connectivity index (χ1n) is 13.4. The molecule has 15 heteroatoms. The van der Waals surface area contributed by atoms with Crippen molar-refractivity contribution in [3.8, 4) is 0 Å². The number of halogens is 8. The number of anilines is 1. The summed E-state index contributed by atoms with van der Waals surface area (Å²) in [6.45, 7) is 0.138. The van der Waals surface area contributed by atoms with Gasteiger partial charge in [-0.15, -0.1) is 24.8 Å². The largest absolute Gasteiger partial charge is 0.406 e. The molecule has 6 rings (SSSR count). The maximum atomic E-state index is 14.7. The molecule has 1 spiro atoms. The number of amides is 2. The second-order valence-corrected chi connectivity index (χ2v) is 11.2. The fourth-order valence-electron chi connectivity index (χ4n) is 6.55. The van der Waals surface area contributed by atoms with Crippen LogP contribution in [0.2, 0.25) is 0 Å². The SMILES string of the molecule is C[C@@H]1[C@H](c2c(F)ccc(F)c2F)C[C@H](NC(=O)c2cnc3c(c2)CC2(CNc4ncccc42)C3)C(=O)N1CC(F)(F)F.Cl.Cl. The van der Waals surface area contributed by atoms with Crippen LogP contribution in [0.3, 0.4) is 0 Å². The van der Waals surface area contributed by atoms with Crippen LogP contribution in [0.5, 0.6) is 0 Å². The van der Waals surface area contributed by atoms with Gasteiger partial charge in [-0.05, 0) is 49.6 Å². The van der Waals surface area contributed by atoms with Crippen molar-refractivity contribution >= 4 is 42.4 Å². The van der Waals surface area contributed by atoms with E-state index in [1.165, 1.54) is 13.1 Å². The van der Waals surface area contributed by atoms with Crippen LogP contribution in [0.1, 0.15) is 52.0 Å². The summed E-state index contributed by atoms with van der Waals surface area (Å²) < 4.78 is 83.8. The molecule has 2 aromatic heterocycles. The normalized spacial score (nSPS) is 23.8. The minimum Gasteiger partial charge on any atom is -0.369 e. The summed E-state index contributed by atoms with van der Waals surface area (Å²) in [5.41, 5.74) is 1.67. The van der Waals surface area contributed by atoms with Crippen LogP contribution in [0.4, 0.5) is 32.2 Å². The number of piperidine rings is 1. The molecule has 44 heavy (non-hydrogen) atoms. The quantitative estimate of drug-likeness (QED) is 0.294. The number of fused-ring (bicyclic) bond motifs is 3. The Morgan fingerprint density at radius 3 is 2.57 bits per heavy atom. The molecule has 4 atom stereocenters. The third kappa shape index (κ3) is 5.79. The van der Waals surface area contributed by atoms with Gasteiger partial charge >= 0.3 is 6.18 Å². The molecule has 0 radical (unpaired) electrons. The molecule has 2 amide bonds. The maximum absolute atomic E-state index is 14.7. The zero-order valence-electron chi connectivity index (χ0n) is 23.1. The van der Waals surface area contributed by atoms with Crippen LogP contribution in [0, 0.1) is 17.5 Å². The number of carbonyl (C=O) groups excluding carboxylic acids is 2. The molecular formula is C29H27Cl2F6N5O2. The van der Waals surface area contributed by atoms with E-state index in [9.17, 15) is 35.9 Å². The Labute approximate surface area is 260 Å². The van der Waals surface area contributed by atoms with Crippen molar-refractivity contribution in [2.45, 2.75) is 55.8 Å². The second kappa shape index (κ2) is 12.1. The molecule has 3 aromatic rings. The van der Waals surface area contributed by atoms with Crippen molar-refractivity contribution in [3.05, 3.63) is 88.1 Å². The van der Waals surface area contributed by atoms with Gasteiger partial charge in [-0.2, -0.15) is 13.2 Å².